The number of rotatable bonds is 1. The lowest BCUT2D eigenvalue weighted by atomic mass is 10.0. The minimum Gasteiger partial charge on any atom is -0.398 e. The van der Waals surface area contributed by atoms with E-state index in [0.29, 0.717) is 0 Å². The summed E-state index contributed by atoms with van der Waals surface area (Å²) in [5.74, 6) is 0. The number of alkyl halides is 3. The van der Waals surface area contributed by atoms with Crippen LogP contribution in [-0.2, 0) is 6.18 Å². The van der Waals surface area contributed by atoms with Crippen LogP contribution in [-0.4, -0.2) is 6.21 Å². The zero-order valence-electron chi connectivity index (χ0n) is 7.74. The highest BCUT2D eigenvalue weighted by molar-refractivity contribution is 9.10. The molecule has 0 aliphatic carbocycles. The molecule has 1 aromatic carbocycles. The maximum absolute atomic E-state index is 12.6. The molecule has 0 fully saturated rings. The van der Waals surface area contributed by atoms with E-state index in [1.165, 1.54) is 13.0 Å². The Labute approximate surface area is 92.9 Å². The van der Waals surface area contributed by atoms with Crippen LogP contribution < -0.4 is 5.73 Å². The topological polar surface area (TPSA) is 49.9 Å². The van der Waals surface area contributed by atoms with E-state index in [-0.39, 0.29) is 21.3 Å². The van der Waals surface area contributed by atoms with Gasteiger partial charge in [-0.25, -0.2) is 0 Å². The molecule has 0 saturated carbocycles. The first-order valence-electron chi connectivity index (χ1n) is 3.95. The first kappa shape index (κ1) is 12.0. The molecule has 0 bridgehead atoms. The number of aryl methyl sites for hydroxylation is 1. The van der Waals surface area contributed by atoms with Crippen LogP contribution in [0.25, 0.3) is 0 Å². The summed E-state index contributed by atoms with van der Waals surface area (Å²) in [7, 11) is 0. The molecular formula is C9H8BrF3N2. The zero-order valence-corrected chi connectivity index (χ0v) is 9.33. The highest BCUT2D eigenvalue weighted by Gasteiger charge is 2.36. The number of hydrogen-bond donors (Lipinski definition) is 2. The molecule has 0 atom stereocenters. The first-order chi connectivity index (χ1) is 6.79. The number of hydrogen-bond acceptors (Lipinski definition) is 2. The van der Waals surface area contributed by atoms with Crippen LogP contribution in [0.1, 0.15) is 16.7 Å². The largest absolute Gasteiger partial charge is 0.417 e. The standard InChI is InChI=1S/C9H8BrF3N2/c1-4-2-6(15)5(3-14)8(10)7(4)9(11,12)13/h2-3,14H,15H2,1H3. The van der Waals surface area contributed by atoms with Crippen molar-refractivity contribution in [1.29, 1.82) is 5.41 Å². The fraction of sp³-hybridized carbons (Fsp3) is 0.222. The summed E-state index contributed by atoms with van der Waals surface area (Å²) in [5.41, 5.74) is 4.96. The monoisotopic (exact) mass is 280 g/mol. The highest BCUT2D eigenvalue weighted by atomic mass is 79.9. The van der Waals surface area contributed by atoms with Crippen molar-refractivity contribution in [3.63, 3.8) is 0 Å². The van der Waals surface area contributed by atoms with Crippen LogP contribution in [0, 0.1) is 12.3 Å². The molecule has 0 saturated heterocycles. The summed E-state index contributed by atoms with van der Waals surface area (Å²) in [6, 6.07) is 1.22. The molecule has 0 radical (unpaired) electrons. The molecule has 0 amide bonds. The Morgan fingerprint density at radius 2 is 2.00 bits per heavy atom. The third-order valence-corrected chi connectivity index (χ3v) is 2.78. The van der Waals surface area contributed by atoms with Gasteiger partial charge in [0.15, 0.2) is 0 Å². The second kappa shape index (κ2) is 3.84. The summed E-state index contributed by atoms with van der Waals surface area (Å²) in [6.07, 6.45) is -3.65. The average molecular weight is 281 g/mol. The molecule has 0 spiro atoms. The van der Waals surface area contributed by atoms with Crippen molar-refractivity contribution in [2.75, 3.05) is 5.73 Å². The van der Waals surface area contributed by atoms with E-state index in [2.05, 4.69) is 15.9 Å². The van der Waals surface area contributed by atoms with Gasteiger partial charge in [0.1, 0.15) is 0 Å². The fourth-order valence-electron chi connectivity index (χ4n) is 1.31. The molecule has 2 nitrogen and oxygen atoms in total. The number of nitrogens with one attached hydrogen (secondary N) is 1. The smallest absolute Gasteiger partial charge is 0.398 e. The van der Waals surface area contributed by atoms with Gasteiger partial charge in [-0.1, -0.05) is 0 Å². The van der Waals surface area contributed by atoms with Crippen molar-refractivity contribution < 1.29 is 13.2 Å². The minimum absolute atomic E-state index is 0.0393. The van der Waals surface area contributed by atoms with Gasteiger partial charge in [0.2, 0.25) is 0 Å². The molecule has 0 aliphatic heterocycles. The van der Waals surface area contributed by atoms with Gasteiger partial charge in [0, 0.05) is 21.9 Å². The van der Waals surface area contributed by atoms with Gasteiger partial charge in [-0.2, -0.15) is 13.2 Å². The number of halogens is 4. The lowest BCUT2D eigenvalue weighted by Gasteiger charge is -2.15. The number of anilines is 1. The predicted molar refractivity (Wildman–Crippen MR) is 56.2 cm³/mol. The fourth-order valence-corrected chi connectivity index (χ4v) is 2.19. The molecule has 0 heterocycles. The van der Waals surface area contributed by atoms with Crippen LogP contribution >= 0.6 is 15.9 Å². The summed E-state index contributed by atoms with van der Waals surface area (Å²) >= 11 is 2.83. The van der Waals surface area contributed by atoms with Crippen molar-refractivity contribution in [2.24, 2.45) is 0 Å². The minimum atomic E-state index is -4.45. The molecule has 1 rings (SSSR count). The van der Waals surface area contributed by atoms with Crippen LogP contribution in [0.15, 0.2) is 10.5 Å². The lowest BCUT2D eigenvalue weighted by molar-refractivity contribution is -0.138. The SMILES string of the molecule is Cc1cc(N)c(C=N)c(Br)c1C(F)(F)F. The first-order valence-corrected chi connectivity index (χ1v) is 4.74. The maximum Gasteiger partial charge on any atom is 0.417 e. The molecular weight excluding hydrogens is 273 g/mol. The van der Waals surface area contributed by atoms with E-state index in [4.69, 9.17) is 11.1 Å². The van der Waals surface area contributed by atoms with E-state index >= 15 is 0 Å². The Bertz CT molecular complexity index is 413. The highest BCUT2D eigenvalue weighted by Crippen LogP contribution is 2.40. The van der Waals surface area contributed by atoms with Crippen LogP contribution in [0.5, 0.6) is 0 Å². The summed E-state index contributed by atoms with van der Waals surface area (Å²) < 4.78 is 37.7. The van der Waals surface area contributed by atoms with E-state index in [9.17, 15) is 13.2 Å². The quantitative estimate of drug-likeness (QED) is 0.602. The number of nitrogens with two attached hydrogens (primary N) is 1. The molecule has 0 aromatic heterocycles. The predicted octanol–water partition coefficient (Wildman–Crippen LogP) is 3.36. The van der Waals surface area contributed by atoms with E-state index < -0.39 is 11.7 Å². The van der Waals surface area contributed by atoms with Gasteiger partial charge in [0.25, 0.3) is 0 Å². The molecule has 15 heavy (non-hydrogen) atoms. The molecule has 1 aromatic rings. The normalized spacial score (nSPS) is 11.5. The van der Waals surface area contributed by atoms with Gasteiger partial charge >= 0.3 is 6.18 Å². The molecule has 3 N–H and O–H groups in total. The number of benzene rings is 1. The Hall–Kier alpha value is -1.04. The zero-order chi connectivity index (χ0) is 11.8. The summed E-state index contributed by atoms with van der Waals surface area (Å²) in [6.45, 7) is 1.33. The van der Waals surface area contributed by atoms with Crippen molar-refractivity contribution >= 4 is 27.8 Å². The third-order valence-electron chi connectivity index (χ3n) is 1.96. The van der Waals surface area contributed by atoms with E-state index in [1.807, 2.05) is 0 Å². The lowest BCUT2D eigenvalue weighted by Crippen LogP contribution is -2.11. The molecule has 0 aliphatic rings. The molecule has 0 unspecified atom stereocenters. The summed E-state index contributed by atoms with van der Waals surface area (Å²) in [5, 5.41) is 6.99. The third kappa shape index (κ3) is 2.14. The Morgan fingerprint density at radius 3 is 2.40 bits per heavy atom. The Morgan fingerprint density at radius 1 is 1.47 bits per heavy atom. The van der Waals surface area contributed by atoms with Crippen molar-refractivity contribution in [2.45, 2.75) is 13.1 Å². The van der Waals surface area contributed by atoms with Crippen molar-refractivity contribution in [3.8, 4) is 0 Å². The van der Waals surface area contributed by atoms with E-state index in [0.717, 1.165) is 6.21 Å². The van der Waals surface area contributed by atoms with Gasteiger partial charge < -0.3 is 11.1 Å². The Balaban J connectivity index is 3.60. The second-order valence-electron chi connectivity index (χ2n) is 3.03. The van der Waals surface area contributed by atoms with Gasteiger partial charge in [0.05, 0.1) is 5.56 Å². The van der Waals surface area contributed by atoms with Crippen LogP contribution in [0.2, 0.25) is 0 Å². The maximum atomic E-state index is 12.6. The van der Waals surface area contributed by atoms with E-state index in [1.54, 1.807) is 0 Å². The molecule has 82 valence electrons. The van der Waals surface area contributed by atoms with Gasteiger partial charge in [-0.3, -0.25) is 0 Å². The average Bonchev–Trinajstić information content (AvgIpc) is 2.00. The number of nitrogen functional groups attached to an aromatic ring is 1. The van der Waals surface area contributed by atoms with Crippen molar-refractivity contribution in [1.82, 2.24) is 0 Å². The van der Waals surface area contributed by atoms with Crippen LogP contribution in [0.4, 0.5) is 18.9 Å². The van der Waals surface area contributed by atoms with Crippen LogP contribution in [0.3, 0.4) is 0 Å². The van der Waals surface area contributed by atoms with Gasteiger partial charge in [-0.05, 0) is 34.5 Å². The van der Waals surface area contributed by atoms with Gasteiger partial charge in [-0.15, -0.1) is 0 Å². The summed E-state index contributed by atoms with van der Waals surface area (Å²) in [4.78, 5) is 0. The molecule has 6 heteroatoms. The second-order valence-corrected chi connectivity index (χ2v) is 3.82. The van der Waals surface area contributed by atoms with Crippen molar-refractivity contribution in [3.05, 3.63) is 27.2 Å². The Kier molecular flexibility index (Phi) is 3.08.